The minimum Gasteiger partial charge on any atom is -0.337 e. The molecule has 0 unspecified atom stereocenters. The van der Waals surface area contributed by atoms with Crippen LogP contribution in [0.3, 0.4) is 0 Å². The molecule has 0 spiro atoms. The predicted molar refractivity (Wildman–Crippen MR) is 64.9 cm³/mol. The third-order valence-corrected chi connectivity index (χ3v) is 3.60. The number of hydrogen-bond donors (Lipinski definition) is 1. The van der Waals surface area contributed by atoms with Crippen molar-refractivity contribution in [2.45, 2.75) is 0 Å². The Balaban J connectivity index is 2.19. The maximum absolute atomic E-state index is 4.42. The summed E-state index contributed by atoms with van der Waals surface area (Å²) in [5.41, 5.74) is 2.81. The molecule has 0 aliphatic rings. The van der Waals surface area contributed by atoms with Crippen LogP contribution in [-0.2, 0) is 0 Å². The van der Waals surface area contributed by atoms with Crippen LogP contribution in [0.4, 0.5) is 0 Å². The van der Waals surface area contributed by atoms with Crippen LogP contribution in [0.5, 0.6) is 0 Å². The highest BCUT2D eigenvalue weighted by atomic mass is 79.9. The van der Waals surface area contributed by atoms with Gasteiger partial charge in [-0.1, -0.05) is 0 Å². The fraction of sp³-hybridized carbons (Fsp3) is 0. The molecule has 0 aliphatic carbocycles. The van der Waals surface area contributed by atoms with Crippen molar-refractivity contribution in [2.75, 3.05) is 0 Å². The fourth-order valence-electron chi connectivity index (χ4n) is 1.42. The predicted octanol–water partition coefficient (Wildman–Crippen LogP) is 3.45. The quantitative estimate of drug-likeness (QED) is 0.741. The molecule has 0 saturated heterocycles. The van der Waals surface area contributed by atoms with Crippen molar-refractivity contribution >= 4 is 38.4 Å². The first-order chi connectivity index (χ1) is 7.33. The van der Waals surface area contributed by atoms with Crippen LogP contribution in [0.25, 0.3) is 22.6 Å². The van der Waals surface area contributed by atoms with Crippen molar-refractivity contribution in [1.82, 2.24) is 15.0 Å². The average Bonchev–Trinajstić information content (AvgIpc) is 2.82. The number of hydrogen-bond acceptors (Lipinski definition) is 3. The summed E-state index contributed by atoms with van der Waals surface area (Å²) >= 11 is 5.08. The minimum atomic E-state index is 0.759. The number of halogens is 1. The summed E-state index contributed by atoms with van der Waals surface area (Å²) in [4.78, 5) is 11.8. The van der Waals surface area contributed by atoms with Gasteiger partial charge in [-0.3, -0.25) is 0 Å². The Kier molecular flexibility index (Phi) is 2.07. The van der Waals surface area contributed by atoms with Gasteiger partial charge in [0, 0.05) is 17.1 Å². The third-order valence-electron chi connectivity index (χ3n) is 2.10. The molecule has 0 bridgehead atoms. The summed E-state index contributed by atoms with van der Waals surface area (Å²) in [7, 11) is 0. The first kappa shape index (κ1) is 9.06. The molecule has 0 aromatic carbocycles. The Morgan fingerprint density at radius 3 is 3.07 bits per heavy atom. The van der Waals surface area contributed by atoms with Crippen LogP contribution in [0.1, 0.15) is 0 Å². The summed E-state index contributed by atoms with van der Waals surface area (Å²) in [5, 5.41) is 2.06. The number of aromatic nitrogens is 3. The molecule has 0 saturated carbocycles. The van der Waals surface area contributed by atoms with Crippen LogP contribution in [0.15, 0.2) is 33.6 Å². The van der Waals surface area contributed by atoms with Crippen LogP contribution in [-0.4, -0.2) is 15.0 Å². The number of nitrogens with zero attached hydrogens (tertiary/aromatic N) is 2. The number of H-pyrrole nitrogens is 1. The van der Waals surface area contributed by atoms with Crippen molar-refractivity contribution in [3.8, 4) is 11.4 Å². The highest BCUT2D eigenvalue weighted by Gasteiger charge is 2.06. The zero-order valence-electron chi connectivity index (χ0n) is 7.57. The lowest BCUT2D eigenvalue weighted by Crippen LogP contribution is -1.74. The van der Waals surface area contributed by atoms with E-state index in [1.165, 1.54) is 0 Å². The number of aromatic amines is 1. The van der Waals surface area contributed by atoms with Crippen molar-refractivity contribution in [1.29, 1.82) is 0 Å². The summed E-state index contributed by atoms with van der Waals surface area (Å²) < 4.78 is 1.10. The Bertz CT molecular complexity index is 581. The number of imidazole rings is 1. The van der Waals surface area contributed by atoms with E-state index in [1.54, 1.807) is 17.5 Å². The van der Waals surface area contributed by atoms with E-state index in [4.69, 9.17) is 0 Å². The van der Waals surface area contributed by atoms with E-state index in [0.717, 1.165) is 26.3 Å². The van der Waals surface area contributed by atoms with Gasteiger partial charge in [0.05, 0.1) is 9.30 Å². The number of fused-ring (bicyclic) bond motifs is 1. The Labute approximate surface area is 98.3 Å². The lowest BCUT2D eigenvalue weighted by molar-refractivity contribution is 1.31. The fourth-order valence-corrected chi connectivity index (χ4v) is 2.56. The van der Waals surface area contributed by atoms with Gasteiger partial charge < -0.3 is 4.98 Å². The van der Waals surface area contributed by atoms with Gasteiger partial charge in [-0.05, 0) is 34.1 Å². The molecule has 3 aromatic heterocycles. The van der Waals surface area contributed by atoms with E-state index in [9.17, 15) is 0 Å². The minimum absolute atomic E-state index is 0.759. The van der Waals surface area contributed by atoms with Crippen LogP contribution in [0, 0.1) is 0 Å². The molecule has 15 heavy (non-hydrogen) atoms. The maximum Gasteiger partial charge on any atom is 0.178 e. The summed E-state index contributed by atoms with van der Waals surface area (Å²) in [6, 6.07) is 5.91. The monoisotopic (exact) mass is 279 g/mol. The molecule has 5 heteroatoms. The van der Waals surface area contributed by atoms with Gasteiger partial charge in [0.25, 0.3) is 0 Å². The first-order valence-corrected chi connectivity index (χ1v) is 6.05. The van der Waals surface area contributed by atoms with E-state index >= 15 is 0 Å². The van der Waals surface area contributed by atoms with Crippen LogP contribution < -0.4 is 0 Å². The van der Waals surface area contributed by atoms with Gasteiger partial charge >= 0.3 is 0 Å². The van der Waals surface area contributed by atoms with Crippen molar-refractivity contribution < 1.29 is 0 Å². The molecule has 3 rings (SSSR count). The number of rotatable bonds is 1. The molecule has 0 amide bonds. The van der Waals surface area contributed by atoms with E-state index < -0.39 is 0 Å². The Hall–Kier alpha value is -1.20. The van der Waals surface area contributed by atoms with Gasteiger partial charge in [0.15, 0.2) is 5.65 Å². The Morgan fingerprint density at radius 2 is 2.33 bits per heavy atom. The van der Waals surface area contributed by atoms with Crippen LogP contribution >= 0.6 is 27.3 Å². The van der Waals surface area contributed by atoms with Gasteiger partial charge in [-0.15, -0.1) is 11.3 Å². The maximum atomic E-state index is 4.42. The molecule has 3 aromatic rings. The highest BCUT2D eigenvalue weighted by molar-refractivity contribution is 9.11. The highest BCUT2D eigenvalue weighted by Crippen LogP contribution is 2.28. The third kappa shape index (κ3) is 1.57. The van der Waals surface area contributed by atoms with E-state index in [1.807, 2.05) is 18.2 Å². The van der Waals surface area contributed by atoms with Gasteiger partial charge in [0.1, 0.15) is 5.82 Å². The summed E-state index contributed by atoms with van der Waals surface area (Å²) in [5.74, 6) is 0.866. The zero-order chi connectivity index (χ0) is 10.3. The van der Waals surface area contributed by atoms with Gasteiger partial charge in [0.2, 0.25) is 0 Å². The molecule has 3 nitrogen and oxygen atoms in total. The van der Waals surface area contributed by atoms with E-state index in [2.05, 4.69) is 36.3 Å². The summed E-state index contributed by atoms with van der Waals surface area (Å²) in [6.07, 6.45) is 1.75. The second-order valence-corrected chi connectivity index (χ2v) is 5.39. The standard InChI is InChI=1S/C10H6BrN3S/c11-8-4-6(5-15-8)9-13-7-2-1-3-12-10(7)14-9/h1-5H,(H,12,13,14). The van der Waals surface area contributed by atoms with Crippen molar-refractivity contribution in [3.05, 3.63) is 33.6 Å². The average molecular weight is 280 g/mol. The smallest absolute Gasteiger partial charge is 0.178 e. The van der Waals surface area contributed by atoms with Gasteiger partial charge in [-0.2, -0.15) is 0 Å². The molecular formula is C10H6BrN3S. The molecular weight excluding hydrogens is 274 g/mol. The molecule has 3 heterocycles. The van der Waals surface area contributed by atoms with Crippen molar-refractivity contribution in [2.24, 2.45) is 0 Å². The SMILES string of the molecule is Brc1cc(-c2nc3ncccc3[nH]2)cs1. The Morgan fingerprint density at radius 1 is 1.40 bits per heavy atom. The topological polar surface area (TPSA) is 41.6 Å². The molecule has 0 atom stereocenters. The number of thiophene rings is 1. The molecule has 0 radical (unpaired) electrons. The lowest BCUT2D eigenvalue weighted by Gasteiger charge is -1.86. The van der Waals surface area contributed by atoms with Gasteiger partial charge in [-0.25, -0.2) is 9.97 Å². The first-order valence-electron chi connectivity index (χ1n) is 4.38. The lowest BCUT2D eigenvalue weighted by atomic mass is 10.3. The molecule has 74 valence electrons. The zero-order valence-corrected chi connectivity index (χ0v) is 9.97. The second-order valence-electron chi connectivity index (χ2n) is 3.10. The normalized spacial score (nSPS) is 11.0. The van der Waals surface area contributed by atoms with E-state index in [-0.39, 0.29) is 0 Å². The molecule has 0 aliphatic heterocycles. The number of nitrogens with one attached hydrogen (secondary N) is 1. The van der Waals surface area contributed by atoms with Crippen LogP contribution in [0.2, 0.25) is 0 Å². The summed E-state index contributed by atoms with van der Waals surface area (Å²) in [6.45, 7) is 0. The molecule has 1 N–H and O–H groups in total. The molecule has 0 fully saturated rings. The largest absolute Gasteiger partial charge is 0.337 e. The van der Waals surface area contributed by atoms with E-state index in [0.29, 0.717) is 0 Å². The van der Waals surface area contributed by atoms with Crippen molar-refractivity contribution in [3.63, 3.8) is 0 Å². The number of pyridine rings is 1. The second kappa shape index (κ2) is 3.43.